The number of aryl methyl sites for hydroxylation is 1. The van der Waals surface area contributed by atoms with Crippen LogP contribution in [0.2, 0.25) is 0 Å². The van der Waals surface area contributed by atoms with Crippen LogP contribution in [0.25, 0.3) is 0 Å². The number of rotatable bonds is 4. The van der Waals surface area contributed by atoms with Crippen molar-refractivity contribution in [2.24, 2.45) is 20.0 Å². The van der Waals surface area contributed by atoms with E-state index in [1.54, 1.807) is 13.2 Å². The molecule has 2 heterocycles. The van der Waals surface area contributed by atoms with E-state index in [1.807, 2.05) is 11.8 Å². The van der Waals surface area contributed by atoms with Crippen LogP contribution in [0, 0.1) is 5.92 Å². The number of hydrogen-bond acceptors (Lipinski definition) is 4. The molecule has 18 heavy (non-hydrogen) atoms. The lowest BCUT2D eigenvalue weighted by Crippen LogP contribution is -2.39. The van der Waals surface area contributed by atoms with Gasteiger partial charge in [0.1, 0.15) is 0 Å². The Morgan fingerprint density at radius 2 is 2.22 bits per heavy atom. The van der Waals surface area contributed by atoms with E-state index in [1.165, 1.54) is 29.5 Å². The normalized spacial score (nSPS) is 19.3. The molecule has 1 fully saturated rings. The van der Waals surface area contributed by atoms with Gasteiger partial charge in [0, 0.05) is 32.4 Å². The standard InChI is InChI=1S/C12H19N3O2S/c1-14-7-10(11(16)15(2)12(14)17)6-13-5-9-3-4-18-8-9/h7,9,13H,3-6,8H2,1-2H3. The van der Waals surface area contributed by atoms with E-state index in [2.05, 4.69) is 5.32 Å². The Balaban J connectivity index is 2.01. The summed E-state index contributed by atoms with van der Waals surface area (Å²) in [6.07, 6.45) is 2.88. The second-order valence-corrected chi connectivity index (χ2v) is 5.92. The predicted molar refractivity (Wildman–Crippen MR) is 74.1 cm³/mol. The number of nitrogens with one attached hydrogen (secondary N) is 1. The van der Waals surface area contributed by atoms with Crippen molar-refractivity contribution in [2.75, 3.05) is 18.1 Å². The van der Waals surface area contributed by atoms with Gasteiger partial charge < -0.3 is 9.88 Å². The number of nitrogens with zero attached hydrogens (tertiary/aromatic N) is 2. The van der Waals surface area contributed by atoms with E-state index in [0.29, 0.717) is 18.0 Å². The summed E-state index contributed by atoms with van der Waals surface area (Å²) in [4.78, 5) is 23.4. The molecule has 2 rings (SSSR count). The molecule has 1 aliphatic rings. The molecular formula is C12H19N3O2S. The smallest absolute Gasteiger partial charge is 0.312 e. The van der Waals surface area contributed by atoms with Crippen LogP contribution in [0.15, 0.2) is 15.8 Å². The topological polar surface area (TPSA) is 56.0 Å². The Bertz CT molecular complexity index is 529. The van der Waals surface area contributed by atoms with E-state index in [0.717, 1.165) is 11.1 Å². The maximum Gasteiger partial charge on any atom is 0.330 e. The highest BCUT2D eigenvalue weighted by Crippen LogP contribution is 2.22. The van der Waals surface area contributed by atoms with Gasteiger partial charge in [-0.15, -0.1) is 0 Å². The van der Waals surface area contributed by atoms with Crippen LogP contribution in [0.1, 0.15) is 12.0 Å². The predicted octanol–water partition coefficient (Wildman–Crippen LogP) is -0.0733. The molecule has 6 heteroatoms. The monoisotopic (exact) mass is 269 g/mol. The van der Waals surface area contributed by atoms with Crippen molar-refractivity contribution in [3.8, 4) is 0 Å². The van der Waals surface area contributed by atoms with Crippen molar-refractivity contribution in [3.63, 3.8) is 0 Å². The Morgan fingerprint density at radius 3 is 2.89 bits per heavy atom. The molecule has 1 saturated heterocycles. The van der Waals surface area contributed by atoms with Gasteiger partial charge >= 0.3 is 5.69 Å². The molecule has 1 aromatic rings. The first-order chi connectivity index (χ1) is 8.59. The van der Waals surface area contributed by atoms with E-state index in [-0.39, 0.29) is 11.2 Å². The Hall–Kier alpha value is -1.01. The van der Waals surface area contributed by atoms with Gasteiger partial charge in [-0.2, -0.15) is 11.8 Å². The average Bonchev–Trinajstić information content (AvgIpc) is 2.86. The molecule has 0 aromatic carbocycles. The zero-order valence-electron chi connectivity index (χ0n) is 10.8. The minimum atomic E-state index is -0.282. The van der Waals surface area contributed by atoms with E-state index < -0.39 is 0 Å². The van der Waals surface area contributed by atoms with Crippen LogP contribution >= 0.6 is 11.8 Å². The lowest BCUT2D eigenvalue weighted by molar-refractivity contribution is 0.517. The Morgan fingerprint density at radius 1 is 1.44 bits per heavy atom. The van der Waals surface area contributed by atoms with Gasteiger partial charge in [0.25, 0.3) is 5.56 Å². The summed E-state index contributed by atoms with van der Waals surface area (Å²) >= 11 is 1.99. The van der Waals surface area contributed by atoms with Crippen molar-refractivity contribution in [3.05, 3.63) is 32.6 Å². The van der Waals surface area contributed by atoms with E-state index in [9.17, 15) is 9.59 Å². The highest BCUT2D eigenvalue weighted by atomic mass is 32.2. The summed E-state index contributed by atoms with van der Waals surface area (Å²) in [5.41, 5.74) is 0.160. The lowest BCUT2D eigenvalue weighted by Gasteiger charge is -2.11. The summed E-state index contributed by atoms with van der Waals surface area (Å²) in [6, 6.07) is 0. The van der Waals surface area contributed by atoms with Gasteiger partial charge in [-0.1, -0.05) is 0 Å². The summed E-state index contributed by atoms with van der Waals surface area (Å²) < 4.78 is 2.60. The molecule has 1 aliphatic heterocycles. The summed E-state index contributed by atoms with van der Waals surface area (Å²) in [5, 5.41) is 3.32. The highest BCUT2D eigenvalue weighted by molar-refractivity contribution is 7.99. The third-order valence-corrected chi connectivity index (χ3v) is 4.52. The van der Waals surface area contributed by atoms with E-state index >= 15 is 0 Å². The number of hydrogen-bond donors (Lipinski definition) is 1. The Labute approximate surface area is 110 Å². The lowest BCUT2D eigenvalue weighted by atomic mass is 10.1. The van der Waals surface area contributed by atoms with Gasteiger partial charge in [0.05, 0.1) is 0 Å². The molecule has 1 aromatic heterocycles. The van der Waals surface area contributed by atoms with Gasteiger partial charge in [0.15, 0.2) is 0 Å². The minimum absolute atomic E-state index is 0.202. The molecule has 0 saturated carbocycles. The van der Waals surface area contributed by atoms with Gasteiger partial charge in [-0.25, -0.2) is 4.79 Å². The molecule has 0 amide bonds. The second kappa shape index (κ2) is 5.75. The van der Waals surface area contributed by atoms with Gasteiger partial charge in [-0.3, -0.25) is 9.36 Å². The summed E-state index contributed by atoms with van der Waals surface area (Å²) in [6.45, 7) is 1.47. The number of thioether (sulfide) groups is 1. The third-order valence-electron chi connectivity index (χ3n) is 3.29. The largest absolute Gasteiger partial charge is 0.330 e. The van der Waals surface area contributed by atoms with Crippen LogP contribution in [-0.4, -0.2) is 27.2 Å². The molecule has 100 valence electrons. The highest BCUT2D eigenvalue weighted by Gasteiger charge is 2.15. The van der Waals surface area contributed by atoms with Crippen molar-refractivity contribution < 1.29 is 0 Å². The first-order valence-electron chi connectivity index (χ1n) is 6.13. The van der Waals surface area contributed by atoms with Gasteiger partial charge in [-0.05, 0) is 30.4 Å². The van der Waals surface area contributed by atoms with Crippen molar-refractivity contribution in [2.45, 2.75) is 13.0 Å². The third kappa shape index (κ3) is 2.87. The zero-order valence-corrected chi connectivity index (χ0v) is 11.6. The van der Waals surface area contributed by atoms with E-state index in [4.69, 9.17) is 0 Å². The SMILES string of the molecule is Cn1cc(CNCC2CCSC2)c(=O)n(C)c1=O. The zero-order chi connectivity index (χ0) is 13.1. The molecule has 0 spiro atoms. The maximum absolute atomic E-state index is 11.9. The molecule has 5 nitrogen and oxygen atoms in total. The van der Waals surface area contributed by atoms with Crippen LogP contribution in [0.4, 0.5) is 0 Å². The Kier molecular flexibility index (Phi) is 4.29. The van der Waals surface area contributed by atoms with Gasteiger partial charge in [0.2, 0.25) is 0 Å². The van der Waals surface area contributed by atoms with Crippen LogP contribution in [-0.2, 0) is 20.6 Å². The fourth-order valence-corrected chi connectivity index (χ4v) is 3.44. The molecule has 0 aliphatic carbocycles. The first-order valence-corrected chi connectivity index (χ1v) is 7.29. The molecule has 1 N–H and O–H groups in total. The molecule has 0 bridgehead atoms. The quantitative estimate of drug-likeness (QED) is 0.831. The fourth-order valence-electron chi connectivity index (χ4n) is 2.16. The average molecular weight is 269 g/mol. The summed E-state index contributed by atoms with van der Waals surface area (Å²) in [7, 11) is 3.18. The van der Waals surface area contributed by atoms with Crippen molar-refractivity contribution in [1.29, 1.82) is 0 Å². The minimum Gasteiger partial charge on any atom is -0.312 e. The van der Waals surface area contributed by atoms with Crippen LogP contribution in [0.3, 0.4) is 0 Å². The van der Waals surface area contributed by atoms with Crippen LogP contribution in [0.5, 0.6) is 0 Å². The molecular weight excluding hydrogens is 250 g/mol. The number of aromatic nitrogens is 2. The molecule has 0 radical (unpaired) electrons. The van der Waals surface area contributed by atoms with Crippen LogP contribution < -0.4 is 16.6 Å². The molecule has 1 atom stereocenters. The summed E-state index contributed by atoms with van der Waals surface area (Å²) in [5.74, 6) is 3.16. The fraction of sp³-hybridized carbons (Fsp3) is 0.667. The first kappa shape index (κ1) is 13.4. The second-order valence-electron chi connectivity index (χ2n) is 4.77. The van der Waals surface area contributed by atoms with Crippen molar-refractivity contribution >= 4 is 11.8 Å². The van der Waals surface area contributed by atoms with Crippen molar-refractivity contribution in [1.82, 2.24) is 14.5 Å². The maximum atomic E-state index is 11.9. The molecule has 1 unspecified atom stereocenters.